The Morgan fingerprint density at radius 1 is 0.769 bits per heavy atom. The first kappa shape index (κ1) is 28.3. The van der Waals surface area contributed by atoms with Crippen LogP contribution in [-0.4, -0.2) is 19.8 Å². The number of benzene rings is 3. The summed E-state index contributed by atoms with van der Waals surface area (Å²) in [5.74, 6) is 0. The highest BCUT2D eigenvalue weighted by molar-refractivity contribution is 6.31. The third-order valence-electron chi connectivity index (χ3n) is 5.92. The summed E-state index contributed by atoms with van der Waals surface area (Å²) in [4.78, 5) is 13.3. The van der Waals surface area contributed by atoms with Crippen molar-refractivity contribution in [1.82, 2.24) is 19.8 Å². The number of halogens is 5. The van der Waals surface area contributed by atoms with E-state index in [0.29, 0.717) is 27.6 Å². The van der Waals surface area contributed by atoms with Gasteiger partial charge in [0.25, 0.3) is 5.56 Å². The van der Waals surface area contributed by atoms with E-state index >= 15 is 0 Å². The molecule has 0 fully saturated rings. The van der Waals surface area contributed by atoms with Crippen LogP contribution in [0.4, 0.5) is 13.2 Å². The van der Waals surface area contributed by atoms with E-state index < -0.39 is 17.3 Å². The summed E-state index contributed by atoms with van der Waals surface area (Å²) in [5, 5.41) is 14.0. The van der Waals surface area contributed by atoms with Crippen LogP contribution < -0.4 is 5.56 Å². The number of aromatic nitrogens is 4. The standard InChI is InChI=1S/C27H17Cl2F3N4O.C2H6/c28-20-10-4-17(5-11-20)22-15-33-36-25(24(22)18-6-12-21(29)13-7-18)35-34-23(26(36)37)14-3-16-1-8-19(9-2-16)27(30,31)32;1-2/h1-2,4-13,15H,3,14H2;1-2H3. The Hall–Kier alpha value is -3.75. The van der Waals surface area contributed by atoms with Gasteiger partial charge in [-0.05, 0) is 59.5 Å². The third kappa shape index (κ3) is 6.29. The fourth-order valence-corrected chi connectivity index (χ4v) is 4.26. The first-order chi connectivity index (χ1) is 18.7. The molecule has 39 heavy (non-hydrogen) atoms. The molecule has 5 aromatic rings. The van der Waals surface area contributed by atoms with Crippen molar-refractivity contribution in [1.29, 1.82) is 0 Å². The van der Waals surface area contributed by atoms with Crippen LogP contribution in [0, 0.1) is 0 Å². The van der Waals surface area contributed by atoms with Gasteiger partial charge < -0.3 is 0 Å². The molecule has 0 unspecified atom stereocenters. The van der Waals surface area contributed by atoms with Crippen LogP contribution in [-0.2, 0) is 19.0 Å². The normalized spacial score (nSPS) is 11.3. The Balaban J connectivity index is 0.00000172. The number of aryl methyl sites for hydroxylation is 2. The Kier molecular flexibility index (Phi) is 8.67. The summed E-state index contributed by atoms with van der Waals surface area (Å²) in [5.41, 5.74) is 2.85. The van der Waals surface area contributed by atoms with Crippen LogP contribution in [0.5, 0.6) is 0 Å². The van der Waals surface area contributed by atoms with E-state index in [4.69, 9.17) is 23.2 Å². The third-order valence-corrected chi connectivity index (χ3v) is 6.42. The van der Waals surface area contributed by atoms with Gasteiger partial charge in [0.15, 0.2) is 5.65 Å². The van der Waals surface area contributed by atoms with E-state index in [-0.39, 0.29) is 17.8 Å². The van der Waals surface area contributed by atoms with Gasteiger partial charge in [-0.3, -0.25) is 4.79 Å². The molecule has 3 aromatic carbocycles. The molecule has 0 aliphatic heterocycles. The topological polar surface area (TPSA) is 60.2 Å². The average molecular weight is 571 g/mol. The van der Waals surface area contributed by atoms with Gasteiger partial charge in [-0.15, -0.1) is 10.2 Å². The average Bonchev–Trinajstić information content (AvgIpc) is 2.94. The molecule has 200 valence electrons. The molecule has 0 saturated carbocycles. The molecule has 0 bridgehead atoms. The minimum Gasteiger partial charge on any atom is -0.265 e. The first-order valence-electron chi connectivity index (χ1n) is 12.2. The van der Waals surface area contributed by atoms with Crippen molar-refractivity contribution in [2.75, 3.05) is 0 Å². The van der Waals surface area contributed by atoms with Gasteiger partial charge in [0, 0.05) is 27.6 Å². The second-order valence-electron chi connectivity index (χ2n) is 8.33. The van der Waals surface area contributed by atoms with Gasteiger partial charge in [0.2, 0.25) is 0 Å². The van der Waals surface area contributed by atoms with Crippen LogP contribution in [0.25, 0.3) is 27.9 Å². The molecule has 0 amide bonds. The van der Waals surface area contributed by atoms with E-state index in [9.17, 15) is 18.0 Å². The maximum atomic E-state index is 13.3. The van der Waals surface area contributed by atoms with Gasteiger partial charge in [-0.1, -0.05) is 73.4 Å². The van der Waals surface area contributed by atoms with Crippen LogP contribution in [0.15, 0.2) is 83.8 Å². The number of fused-ring (bicyclic) bond motifs is 1. The van der Waals surface area contributed by atoms with Crippen molar-refractivity contribution in [2.45, 2.75) is 32.9 Å². The van der Waals surface area contributed by atoms with Crippen molar-refractivity contribution >= 4 is 28.8 Å². The van der Waals surface area contributed by atoms with Crippen molar-refractivity contribution < 1.29 is 13.2 Å². The lowest BCUT2D eigenvalue weighted by molar-refractivity contribution is -0.137. The van der Waals surface area contributed by atoms with Gasteiger partial charge >= 0.3 is 6.18 Å². The highest BCUT2D eigenvalue weighted by Gasteiger charge is 2.30. The Bertz CT molecular complexity index is 1630. The zero-order valence-electron chi connectivity index (χ0n) is 21.0. The second kappa shape index (κ2) is 12.0. The zero-order valence-corrected chi connectivity index (χ0v) is 22.5. The van der Waals surface area contributed by atoms with Crippen molar-refractivity contribution in [3.8, 4) is 22.3 Å². The molecule has 2 heterocycles. The fraction of sp³-hybridized carbons (Fsp3) is 0.172. The highest BCUT2D eigenvalue weighted by Crippen LogP contribution is 2.35. The molecular weight excluding hydrogens is 548 g/mol. The van der Waals surface area contributed by atoms with E-state index in [0.717, 1.165) is 28.8 Å². The van der Waals surface area contributed by atoms with Gasteiger partial charge in [0.05, 0.1) is 11.8 Å². The summed E-state index contributed by atoms with van der Waals surface area (Å²) >= 11 is 12.1. The number of hydrogen-bond acceptors (Lipinski definition) is 4. The molecule has 2 aromatic heterocycles. The quantitative estimate of drug-likeness (QED) is 0.215. The molecule has 0 N–H and O–H groups in total. The van der Waals surface area contributed by atoms with Gasteiger partial charge in [-0.25, -0.2) is 0 Å². The number of hydrogen-bond donors (Lipinski definition) is 0. The van der Waals surface area contributed by atoms with Crippen molar-refractivity contribution in [3.63, 3.8) is 0 Å². The van der Waals surface area contributed by atoms with Gasteiger partial charge in [-0.2, -0.15) is 22.8 Å². The van der Waals surface area contributed by atoms with Crippen LogP contribution in [0.1, 0.15) is 30.7 Å². The SMILES string of the molecule is CC.O=c1c(CCc2ccc(C(F)(F)F)cc2)nnc2c(-c3ccc(Cl)cc3)c(-c3ccc(Cl)cc3)cnn12. The van der Waals surface area contributed by atoms with E-state index in [1.807, 2.05) is 38.1 Å². The molecular formula is C29H23Cl2F3N4O. The molecule has 0 aliphatic carbocycles. The van der Waals surface area contributed by atoms with E-state index in [2.05, 4.69) is 15.3 Å². The predicted molar refractivity (Wildman–Crippen MR) is 148 cm³/mol. The summed E-state index contributed by atoms with van der Waals surface area (Å²) in [7, 11) is 0. The maximum absolute atomic E-state index is 13.3. The molecule has 0 saturated heterocycles. The summed E-state index contributed by atoms with van der Waals surface area (Å²) in [6.07, 6.45) is -2.31. The molecule has 0 atom stereocenters. The summed E-state index contributed by atoms with van der Waals surface area (Å²) in [6, 6.07) is 19.2. The lowest BCUT2D eigenvalue weighted by Crippen LogP contribution is -2.25. The van der Waals surface area contributed by atoms with Crippen molar-refractivity contribution in [3.05, 3.63) is 116 Å². The minimum absolute atomic E-state index is 0.159. The van der Waals surface area contributed by atoms with Gasteiger partial charge in [0.1, 0.15) is 5.69 Å². The summed E-state index contributed by atoms with van der Waals surface area (Å²) in [6.45, 7) is 4.00. The van der Waals surface area contributed by atoms with Crippen LogP contribution >= 0.6 is 23.2 Å². The highest BCUT2D eigenvalue weighted by atomic mass is 35.5. The fourth-order valence-electron chi connectivity index (χ4n) is 4.00. The smallest absolute Gasteiger partial charge is 0.265 e. The largest absolute Gasteiger partial charge is 0.416 e. The minimum atomic E-state index is -4.40. The first-order valence-corrected chi connectivity index (χ1v) is 12.9. The molecule has 10 heteroatoms. The van der Waals surface area contributed by atoms with Crippen LogP contribution in [0.3, 0.4) is 0 Å². The van der Waals surface area contributed by atoms with E-state index in [1.54, 1.807) is 30.5 Å². The number of alkyl halides is 3. The monoisotopic (exact) mass is 570 g/mol. The Morgan fingerprint density at radius 3 is 1.90 bits per heavy atom. The molecule has 0 spiro atoms. The van der Waals surface area contributed by atoms with Crippen molar-refractivity contribution in [2.24, 2.45) is 0 Å². The molecule has 0 radical (unpaired) electrons. The summed E-state index contributed by atoms with van der Waals surface area (Å²) < 4.78 is 39.7. The number of rotatable bonds is 5. The predicted octanol–water partition coefficient (Wildman–Crippen LogP) is 7.96. The van der Waals surface area contributed by atoms with Crippen LogP contribution in [0.2, 0.25) is 10.0 Å². The molecule has 0 aliphatic rings. The number of nitrogens with zero attached hydrogens (tertiary/aromatic N) is 4. The van der Waals surface area contributed by atoms with E-state index in [1.165, 1.54) is 16.6 Å². The lowest BCUT2D eigenvalue weighted by Gasteiger charge is -2.13. The maximum Gasteiger partial charge on any atom is 0.416 e. The Morgan fingerprint density at radius 2 is 1.33 bits per heavy atom. The second-order valence-corrected chi connectivity index (χ2v) is 9.20. The Labute approximate surface area is 232 Å². The zero-order chi connectivity index (χ0) is 28.2. The lowest BCUT2D eigenvalue weighted by atomic mass is 9.97. The molecule has 5 rings (SSSR count). The molecule has 5 nitrogen and oxygen atoms in total.